The second-order valence-electron chi connectivity index (χ2n) is 8.22. The molecule has 0 atom stereocenters. The number of para-hydroxylation sites is 1. The molecular formula is C25H25N5O2. The molecule has 0 saturated heterocycles. The number of anilines is 1. The summed E-state index contributed by atoms with van der Waals surface area (Å²) in [5.74, 6) is -0.136. The lowest BCUT2D eigenvalue weighted by molar-refractivity contribution is -0.115. The SMILES string of the molecule is CCn1c2ccccc2c2cc(NC(=O)Cc3c(C)nc4c(c3C)c(=O)[nH]n4C)ccc21. The monoisotopic (exact) mass is 427 g/mol. The molecule has 32 heavy (non-hydrogen) atoms. The van der Waals surface area contributed by atoms with Crippen LogP contribution in [0.4, 0.5) is 5.69 Å². The largest absolute Gasteiger partial charge is 0.341 e. The molecule has 3 aromatic heterocycles. The number of hydrogen-bond acceptors (Lipinski definition) is 3. The quantitative estimate of drug-likeness (QED) is 0.451. The van der Waals surface area contributed by atoms with Crippen LogP contribution in [0.3, 0.4) is 0 Å². The number of carbonyl (C=O) groups excluding carboxylic acids is 1. The Labute approximate surface area is 184 Å². The van der Waals surface area contributed by atoms with E-state index in [1.54, 1.807) is 11.7 Å². The van der Waals surface area contributed by atoms with E-state index in [9.17, 15) is 9.59 Å². The Kier molecular flexibility index (Phi) is 4.62. The zero-order chi connectivity index (χ0) is 22.6. The van der Waals surface area contributed by atoms with Gasteiger partial charge in [-0.2, -0.15) is 0 Å². The number of aromatic amines is 1. The maximum Gasteiger partial charge on any atom is 0.273 e. The molecule has 0 saturated carbocycles. The van der Waals surface area contributed by atoms with Gasteiger partial charge in [-0.25, -0.2) is 4.98 Å². The van der Waals surface area contributed by atoms with Crippen molar-refractivity contribution in [2.75, 3.05) is 5.32 Å². The highest BCUT2D eigenvalue weighted by molar-refractivity contribution is 6.10. The van der Waals surface area contributed by atoms with Gasteiger partial charge in [-0.1, -0.05) is 18.2 Å². The van der Waals surface area contributed by atoms with E-state index in [-0.39, 0.29) is 17.9 Å². The topological polar surface area (TPSA) is 84.7 Å². The van der Waals surface area contributed by atoms with Crippen LogP contribution in [0, 0.1) is 13.8 Å². The number of benzene rings is 2. The lowest BCUT2D eigenvalue weighted by Gasteiger charge is -2.11. The van der Waals surface area contributed by atoms with E-state index in [0.29, 0.717) is 11.0 Å². The number of nitrogens with zero attached hydrogens (tertiary/aromatic N) is 3. The summed E-state index contributed by atoms with van der Waals surface area (Å²) in [6, 6.07) is 14.3. The van der Waals surface area contributed by atoms with Crippen LogP contribution in [0.25, 0.3) is 32.8 Å². The van der Waals surface area contributed by atoms with Crippen molar-refractivity contribution in [1.29, 1.82) is 0 Å². The van der Waals surface area contributed by atoms with Crippen LogP contribution >= 0.6 is 0 Å². The summed E-state index contributed by atoms with van der Waals surface area (Å²) in [5.41, 5.74) is 5.84. The van der Waals surface area contributed by atoms with Gasteiger partial charge in [-0.3, -0.25) is 19.4 Å². The minimum atomic E-state index is -0.188. The Balaban J connectivity index is 1.49. The average Bonchev–Trinajstić information content (AvgIpc) is 3.24. The summed E-state index contributed by atoms with van der Waals surface area (Å²) in [6.45, 7) is 6.76. The molecule has 0 aliphatic rings. The van der Waals surface area contributed by atoms with Crippen molar-refractivity contribution in [3.05, 3.63) is 69.6 Å². The van der Waals surface area contributed by atoms with Crippen molar-refractivity contribution in [2.24, 2.45) is 7.05 Å². The van der Waals surface area contributed by atoms with Crippen molar-refractivity contribution >= 4 is 44.4 Å². The smallest absolute Gasteiger partial charge is 0.273 e. The summed E-state index contributed by atoms with van der Waals surface area (Å²) in [6.07, 6.45) is 0.156. The second-order valence-corrected chi connectivity index (χ2v) is 8.22. The van der Waals surface area contributed by atoms with E-state index in [1.807, 2.05) is 38.1 Å². The van der Waals surface area contributed by atoms with Crippen molar-refractivity contribution in [3.8, 4) is 0 Å². The van der Waals surface area contributed by atoms with Crippen LogP contribution in [0.1, 0.15) is 23.7 Å². The molecule has 0 aliphatic carbocycles. The Morgan fingerprint density at radius 1 is 1.09 bits per heavy atom. The molecule has 2 aromatic carbocycles. The maximum atomic E-state index is 12.9. The summed E-state index contributed by atoms with van der Waals surface area (Å²) in [4.78, 5) is 29.8. The number of aromatic nitrogens is 4. The van der Waals surface area contributed by atoms with Crippen LogP contribution in [-0.4, -0.2) is 25.2 Å². The number of rotatable bonds is 4. The third kappa shape index (κ3) is 3.00. The van der Waals surface area contributed by atoms with Crippen LogP contribution in [0.5, 0.6) is 0 Å². The fourth-order valence-corrected chi connectivity index (χ4v) is 4.75. The molecule has 162 valence electrons. The number of hydrogen-bond donors (Lipinski definition) is 2. The summed E-state index contributed by atoms with van der Waals surface area (Å²) < 4.78 is 3.89. The van der Waals surface area contributed by atoms with E-state index in [4.69, 9.17) is 0 Å². The lowest BCUT2D eigenvalue weighted by atomic mass is 10.0. The van der Waals surface area contributed by atoms with E-state index in [2.05, 4.69) is 45.1 Å². The van der Waals surface area contributed by atoms with Crippen LogP contribution in [0.2, 0.25) is 0 Å². The summed E-state index contributed by atoms with van der Waals surface area (Å²) in [7, 11) is 1.76. The lowest BCUT2D eigenvalue weighted by Crippen LogP contribution is -2.17. The van der Waals surface area contributed by atoms with Gasteiger partial charge in [0.25, 0.3) is 5.56 Å². The molecule has 0 unspecified atom stereocenters. The van der Waals surface area contributed by atoms with Crippen molar-refractivity contribution in [3.63, 3.8) is 0 Å². The number of H-pyrrole nitrogens is 1. The molecule has 7 nitrogen and oxygen atoms in total. The second kappa shape index (κ2) is 7.37. The minimum absolute atomic E-state index is 0.136. The Morgan fingerprint density at radius 3 is 2.62 bits per heavy atom. The molecule has 3 heterocycles. The van der Waals surface area contributed by atoms with Gasteiger partial charge in [-0.05, 0) is 56.2 Å². The van der Waals surface area contributed by atoms with E-state index in [0.717, 1.165) is 40.0 Å². The molecule has 2 N–H and O–H groups in total. The molecule has 5 rings (SSSR count). The Morgan fingerprint density at radius 2 is 1.84 bits per heavy atom. The van der Waals surface area contributed by atoms with E-state index >= 15 is 0 Å². The zero-order valence-electron chi connectivity index (χ0n) is 18.6. The third-order valence-corrected chi connectivity index (χ3v) is 6.29. The predicted octanol–water partition coefficient (Wildman–Crippen LogP) is 4.19. The molecule has 5 aromatic rings. The van der Waals surface area contributed by atoms with Gasteiger partial charge in [0.1, 0.15) is 0 Å². The fourth-order valence-electron chi connectivity index (χ4n) is 4.75. The molecule has 0 bridgehead atoms. The third-order valence-electron chi connectivity index (χ3n) is 6.29. The molecule has 1 amide bonds. The number of nitrogens with one attached hydrogen (secondary N) is 2. The number of carbonyl (C=O) groups is 1. The van der Waals surface area contributed by atoms with E-state index < -0.39 is 0 Å². The number of amides is 1. The van der Waals surface area contributed by atoms with Gasteiger partial charge in [0.15, 0.2) is 5.65 Å². The first kappa shape index (κ1) is 20.1. The zero-order valence-corrected chi connectivity index (χ0v) is 18.6. The highest BCUT2D eigenvalue weighted by Gasteiger charge is 2.18. The molecule has 0 radical (unpaired) electrons. The normalized spacial score (nSPS) is 11.6. The summed E-state index contributed by atoms with van der Waals surface area (Å²) in [5, 5.41) is 8.59. The number of fused-ring (bicyclic) bond motifs is 4. The van der Waals surface area contributed by atoms with Crippen LogP contribution < -0.4 is 10.9 Å². The molecule has 0 aliphatic heterocycles. The van der Waals surface area contributed by atoms with Gasteiger partial charge in [0.05, 0.1) is 11.8 Å². The van der Waals surface area contributed by atoms with Gasteiger partial charge in [0, 0.05) is 46.8 Å². The maximum absolute atomic E-state index is 12.9. The van der Waals surface area contributed by atoms with Gasteiger partial charge in [0.2, 0.25) is 5.91 Å². The number of pyridine rings is 1. The van der Waals surface area contributed by atoms with E-state index in [1.165, 1.54) is 10.9 Å². The molecular weight excluding hydrogens is 402 g/mol. The number of aryl methyl sites for hydroxylation is 4. The molecule has 7 heteroatoms. The first-order valence-corrected chi connectivity index (χ1v) is 10.7. The highest BCUT2D eigenvalue weighted by atomic mass is 16.1. The summed E-state index contributed by atoms with van der Waals surface area (Å²) >= 11 is 0. The first-order chi connectivity index (χ1) is 15.4. The Hall–Kier alpha value is -3.87. The average molecular weight is 428 g/mol. The standard InChI is InChI=1S/C25H25N5O2/c1-5-30-20-9-7-6-8-17(20)19-12-16(10-11-21(19)30)27-22(31)13-18-14(2)23-24(26-15(18)3)29(4)28-25(23)32/h6-12H,5,13H2,1-4H3,(H,27,31)(H,28,32). The van der Waals surface area contributed by atoms with Crippen molar-refractivity contribution in [1.82, 2.24) is 19.3 Å². The van der Waals surface area contributed by atoms with Crippen molar-refractivity contribution < 1.29 is 4.79 Å². The van der Waals surface area contributed by atoms with Crippen LogP contribution in [0.15, 0.2) is 47.3 Å². The van der Waals surface area contributed by atoms with Crippen LogP contribution in [-0.2, 0) is 24.8 Å². The molecule has 0 spiro atoms. The molecule has 0 fully saturated rings. The first-order valence-electron chi connectivity index (χ1n) is 10.7. The van der Waals surface area contributed by atoms with Gasteiger partial charge in [-0.15, -0.1) is 0 Å². The highest BCUT2D eigenvalue weighted by Crippen LogP contribution is 2.31. The minimum Gasteiger partial charge on any atom is -0.341 e. The van der Waals surface area contributed by atoms with Gasteiger partial charge < -0.3 is 9.88 Å². The Bertz CT molecular complexity index is 1590. The predicted molar refractivity (Wildman–Crippen MR) is 128 cm³/mol. The van der Waals surface area contributed by atoms with Crippen molar-refractivity contribution in [2.45, 2.75) is 33.7 Å². The fraction of sp³-hybridized carbons (Fsp3) is 0.240. The van der Waals surface area contributed by atoms with Gasteiger partial charge >= 0.3 is 0 Å².